The van der Waals surface area contributed by atoms with E-state index >= 15 is 0 Å². The number of rotatable bonds is 1. The Morgan fingerprint density at radius 1 is 1.29 bits per heavy atom. The minimum absolute atomic E-state index is 0.363. The predicted molar refractivity (Wildman–Crippen MR) is 88.4 cm³/mol. The third-order valence-electron chi connectivity index (χ3n) is 3.77. The summed E-state index contributed by atoms with van der Waals surface area (Å²) in [5.74, 6) is 1.04. The number of hydrogen-bond acceptors (Lipinski definition) is 3. The molecule has 0 aromatic heterocycles. The van der Waals surface area contributed by atoms with Gasteiger partial charge in [0.05, 0.1) is 7.11 Å². The van der Waals surface area contributed by atoms with E-state index in [1.54, 1.807) is 11.9 Å². The van der Waals surface area contributed by atoms with Gasteiger partial charge in [0, 0.05) is 27.2 Å². The first-order chi connectivity index (χ1) is 9.86. The normalized spacial score (nSPS) is 22.4. The number of nitrogens with one attached hydrogen (secondary N) is 1. The molecule has 1 N–H and O–H groups in total. The summed E-state index contributed by atoms with van der Waals surface area (Å²) in [4.78, 5) is 19.0. The van der Waals surface area contributed by atoms with Crippen LogP contribution in [0.4, 0.5) is 4.79 Å². The van der Waals surface area contributed by atoms with Crippen LogP contribution in [0.1, 0.15) is 32.6 Å². The Labute approximate surface area is 132 Å². The SMILES string of the molecule is COC(=O)N(C)/C(=N/C(=S)NC1CCCCC1C)N(C)C. The highest BCUT2D eigenvalue weighted by Crippen LogP contribution is 2.23. The quantitative estimate of drug-likeness (QED) is 0.456. The second kappa shape index (κ2) is 8.17. The first-order valence-electron chi connectivity index (χ1n) is 7.25. The van der Waals surface area contributed by atoms with Crippen molar-refractivity contribution >= 4 is 29.4 Å². The fourth-order valence-electron chi connectivity index (χ4n) is 2.51. The third kappa shape index (κ3) is 5.15. The van der Waals surface area contributed by atoms with Gasteiger partial charge in [0.15, 0.2) is 5.11 Å². The molecule has 6 nitrogen and oxygen atoms in total. The van der Waals surface area contributed by atoms with Crippen LogP contribution in [0, 0.1) is 5.92 Å². The van der Waals surface area contributed by atoms with E-state index in [1.165, 1.54) is 31.3 Å². The molecule has 0 radical (unpaired) electrons. The number of carbonyl (C=O) groups is 1. The van der Waals surface area contributed by atoms with Crippen molar-refractivity contribution in [1.29, 1.82) is 0 Å². The summed E-state index contributed by atoms with van der Waals surface area (Å²) >= 11 is 5.32. The highest BCUT2D eigenvalue weighted by atomic mass is 32.1. The van der Waals surface area contributed by atoms with Crippen molar-refractivity contribution in [2.24, 2.45) is 10.9 Å². The maximum Gasteiger partial charge on any atom is 0.416 e. The molecule has 0 spiro atoms. The van der Waals surface area contributed by atoms with Crippen LogP contribution in [0.15, 0.2) is 4.99 Å². The van der Waals surface area contributed by atoms with E-state index in [1.807, 2.05) is 14.1 Å². The van der Waals surface area contributed by atoms with Crippen LogP contribution < -0.4 is 5.32 Å². The summed E-state index contributed by atoms with van der Waals surface area (Å²) in [6.07, 6.45) is 4.35. The summed E-state index contributed by atoms with van der Waals surface area (Å²) in [5, 5.41) is 3.71. The van der Waals surface area contributed by atoms with Crippen molar-refractivity contribution in [1.82, 2.24) is 15.1 Å². The molecule has 0 aliphatic heterocycles. The number of amides is 1. The number of methoxy groups -OCH3 is 1. The monoisotopic (exact) mass is 314 g/mol. The van der Waals surface area contributed by atoms with Crippen molar-refractivity contribution in [2.75, 3.05) is 28.3 Å². The molecule has 1 amide bonds. The van der Waals surface area contributed by atoms with E-state index in [-0.39, 0.29) is 0 Å². The van der Waals surface area contributed by atoms with Gasteiger partial charge >= 0.3 is 6.09 Å². The standard InChI is InChI=1S/C14H26N4O2S/c1-10-8-6-7-9-11(10)15-12(21)16-13(17(2)3)18(4)14(19)20-5/h10-11H,6-9H2,1-5H3,(H,15,21)/b16-13+. The van der Waals surface area contributed by atoms with Crippen molar-refractivity contribution in [3.63, 3.8) is 0 Å². The van der Waals surface area contributed by atoms with Gasteiger partial charge in [0.25, 0.3) is 0 Å². The van der Waals surface area contributed by atoms with Crippen LogP contribution in [0.5, 0.6) is 0 Å². The molecule has 1 aliphatic rings. The zero-order chi connectivity index (χ0) is 16.0. The molecule has 2 unspecified atom stereocenters. The molecule has 21 heavy (non-hydrogen) atoms. The lowest BCUT2D eigenvalue weighted by molar-refractivity contribution is 0.149. The molecule has 7 heteroatoms. The molecule has 120 valence electrons. The fraction of sp³-hybridized carbons (Fsp3) is 0.786. The Hall–Kier alpha value is -1.37. The first kappa shape index (κ1) is 17.7. The molecule has 1 aliphatic carbocycles. The molecule has 0 bridgehead atoms. The van der Waals surface area contributed by atoms with Crippen molar-refractivity contribution in [2.45, 2.75) is 38.6 Å². The molecule has 1 rings (SSSR count). The molecule has 0 heterocycles. The highest BCUT2D eigenvalue weighted by molar-refractivity contribution is 7.80. The molecular weight excluding hydrogens is 288 g/mol. The van der Waals surface area contributed by atoms with Crippen molar-refractivity contribution < 1.29 is 9.53 Å². The lowest BCUT2D eigenvalue weighted by Gasteiger charge is -2.30. The van der Waals surface area contributed by atoms with Gasteiger partial charge < -0.3 is 15.0 Å². The molecule has 0 aromatic carbocycles. The number of aliphatic imine (C=N–C) groups is 1. The summed E-state index contributed by atoms with van der Waals surface area (Å²) < 4.78 is 4.71. The number of guanidine groups is 1. The molecular formula is C14H26N4O2S. The van der Waals surface area contributed by atoms with Crippen LogP contribution in [0.3, 0.4) is 0 Å². The smallest absolute Gasteiger partial charge is 0.416 e. The van der Waals surface area contributed by atoms with Gasteiger partial charge in [-0.3, -0.25) is 4.90 Å². The van der Waals surface area contributed by atoms with E-state index in [9.17, 15) is 4.79 Å². The van der Waals surface area contributed by atoms with E-state index in [2.05, 4.69) is 17.2 Å². The first-order valence-corrected chi connectivity index (χ1v) is 7.65. The van der Waals surface area contributed by atoms with Gasteiger partial charge in [-0.1, -0.05) is 19.8 Å². The van der Waals surface area contributed by atoms with Gasteiger partial charge in [0.2, 0.25) is 5.96 Å². The average molecular weight is 314 g/mol. The molecule has 0 saturated heterocycles. The summed E-state index contributed by atoms with van der Waals surface area (Å²) in [6, 6.07) is 0.363. The van der Waals surface area contributed by atoms with Crippen LogP contribution in [0.2, 0.25) is 0 Å². The number of ether oxygens (including phenoxy) is 1. The van der Waals surface area contributed by atoms with E-state index < -0.39 is 6.09 Å². The van der Waals surface area contributed by atoms with Gasteiger partial charge in [-0.25, -0.2) is 4.79 Å². The Morgan fingerprint density at radius 3 is 2.43 bits per heavy atom. The maximum absolute atomic E-state index is 11.6. The zero-order valence-electron chi connectivity index (χ0n) is 13.5. The highest BCUT2D eigenvalue weighted by Gasteiger charge is 2.23. The van der Waals surface area contributed by atoms with Gasteiger partial charge in [-0.2, -0.15) is 4.99 Å². The van der Waals surface area contributed by atoms with Crippen LogP contribution in [-0.4, -0.2) is 61.3 Å². The number of thiocarbonyl (C=S) groups is 1. The Balaban J connectivity index is 2.75. The lowest BCUT2D eigenvalue weighted by Crippen LogP contribution is -2.45. The van der Waals surface area contributed by atoms with Gasteiger partial charge in [0.1, 0.15) is 0 Å². The number of carbonyl (C=O) groups excluding carboxylic acids is 1. The lowest BCUT2D eigenvalue weighted by atomic mass is 9.86. The number of hydrogen-bond donors (Lipinski definition) is 1. The summed E-state index contributed by atoms with van der Waals surface area (Å²) in [7, 11) is 6.57. The van der Waals surface area contributed by atoms with Gasteiger partial charge in [-0.05, 0) is 31.0 Å². The van der Waals surface area contributed by atoms with Crippen LogP contribution >= 0.6 is 12.2 Å². The molecule has 1 fully saturated rings. The van der Waals surface area contributed by atoms with Gasteiger partial charge in [-0.15, -0.1) is 0 Å². The van der Waals surface area contributed by atoms with Crippen LogP contribution in [0.25, 0.3) is 0 Å². The summed E-state index contributed by atoms with van der Waals surface area (Å²) in [6.45, 7) is 2.23. The minimum Gasteiger partial charge on any atom is -0.452 e. The Kier molecular flexibility index (Phi) is 6.87. The minimum atomic E-state index is -0.476. The van der Waals surface area contributed by atoms with E-state index in [4.69, 9.17) is 17.0 Å². The second-order valence-corrected chi connectivity index (χ2v) is 6.04. The Bertz CT molecular complexity index is 412. The van der Waals surface area contributed by atoms with Crippen molar-refractivity contribution in [3.05, 3.63) is 0 Å². The topological polar surface area (TPSA) is 57.2 Å². The third-order valence-corrected chi connectivity index (χ3v) is 3.98. The molecule has 1 saturated carbocycles. The van der Waals surface area contributed by atoms with E-state index in [0.717, 1.165) is 6.42 Å². The second-order valence-electron chi connectivity index (χ2n) is 5.65. The Morgan fingerprint density at radius 2 is 1.90 bits per heavy atom. The van der Waals surface area contributed by atoms with Crippen molar-refractivity contribution in [3.8, 4) is 0 Å². The zero-order valence-corrected chi connectivity index (χ0v) is 14.4. The van der Waals surface area contributed by atoms with Crippen LogP contribution in [-0.2, 0) is 4.74 Å². The number of nitrogens with zero attached hydrogens (tertiary/aromatic N) is 3. The molecule has 2 atom stereocenters. The largest absolute Gasteiger partial charge is 0.452 e. The predicted octanol–water partition coefficient (Wildman–Crippen LogP) is 2.06. The van der Waals surface area contributed by atoms with E-state index in [0.29, 0.717) is 23.0 Å². The fourth-order valence-corrected chi connectivity index (χ4v) is 2.74. The summed E-state index contributed by atoms with van der Waals surface area (Å²) in [5.41, 5.74) is 0. The maximum atomic E-state index is 11.6. The average Bonchev–Trinajstić information content (AvgIpc) is 2.45. The molecule has 0 aromatic rings.